The summed E-state index contributed by atoms with van der Waals surface area (Å²) in [4.78, 5) is 15.4. The number of rotatable bonds is 0. The van der Waals surface area contributed by atoms with Gasteiger partial charge in [-0.3, -0.25) is 9.97 Å². The molecule has 6 heteroatoms. The number of nitrogens with zero attached hydrogens (tertiary/aromatic N) is 4. The Morgan fingerprint density at radius 3 is 1.94 bits per heavy atom. The van der Waals surface area contributed by atoms with E-state index < -0.39 is 0 Å². The average Bonchev–Trinajstić information content (AvgIpc) is 2.28. The maximum atomic E-state index is 5.35. The SMILES string of the molecule is Cc1cnc(N)cn1.Cc1nccnc1N. The van der Waals surface area contributed by atoms with Crippen LogP contribution in [0.1, 0.15) is 11.4 Å². The minimum Gasteiger partial charge on any atom is -0.382 e. The lowest BCUT2D eigenvalue weighted by Gasteiger charge is -1.91. The van der Waals surface area contributed by atoms with Gasteiger partial charge in [-0.15, -0.1) is 0 Å². The summed E-state index contributed by atoms with van der Waals surface area (Å²) >= 11 is 0. The average molecular weight is 218 g/mol. The molecule has 4 N–H and O–H groups in total. The number of hydrogen-bond donors (Lipinski definition) is 2. The first-order valence-electron chi connectivity index (χ1n) is 4.67. The number of anilines is 2. The summed E-state index contributed by atoms with van der Waals surface area (Å²) in [5.41, 5.74) is 12.3. The van der Waals surface area contributed by atoms with Gasteiger partial charge in [0.05, 0.1) is 23.8 Å². The van der Waals surface area contributed by atoms with Crippen LogP contribution >= 0.6 is 0 Å². The largest absolute Gasteiger partial charge is 0.382 e. The molecule has 2 rings (SSSR count). The zero-order chi connectivity index (χ0) is 12.0. The van der Waals surface area contributed by atoms with Crippen molar-refractivity contribution >= 4 is 11.6 Å². The van der Waals surface area contributed by atoms with Gasteiger partial charge in [-0.05, 0) is 13.8 Å². The Balaban J connectivity index is 0.000000160. The molecule has 6 nitrogen and oxygen atoms in total. The van der Waals surface area contributed by atoms with Crippen LogP contribution in [0.15, 0.2) is 24.8 Å². The quantitative estimate of drug-likeness (QED) is 0.675. The fourth-order valence-electron chi connectivity index (χ4n) is 0.821. The first-order valence-corrected chi connectivity index (χ1v) is 4.67. The van der Waals surface area contributed by atoms with Crippen LogP contribution in [0, 0.1) is 13.8 Å². The second-order valence-electron chi connectivity index (χ2n) is 3.11. The molecule has 0 unspecified atom stereocenters. The van der Waals surface area contributed by atoms with Gasteiger partial charge in [0.1, 0.15) is 11.6 Å². The summed E-state index contributed by atoms with van der Waals surface area (Å²) in [6.07, 6.45) is 6.36. The van der Waals surface area contributed by atoms with Crippen molar-refractivity contribution < 1.29 is 0 Å². The summed E-state index contributed by atoms with van der Waals surface area (Å²) in [5.74, 6) is 0.975. The van der Waals surface area contributed by atoms with Crippen molar-refractivity contribution in [2.75, 3.05) is 11.5 Å². The molecule has 0 spiro atoms. The normalized spacial score (nSPS) is 9.12. The van der Waals surface area contributed by atoms with E-state index in [1.165, 1.54) is 6.20 Å². The van der Waals surface area contributed by atoms with Crippen LogP contribution in [0.5, 0.6) is 0 Å². The van der Waals surface area contributed by atoms with Crippen LogP contribution in [-0.4, -0.2) is 19.9 Å². The van der Waals surface area contributed by atoms with Crippen molar-refractivity contribution in [1.82, 2.24) is 19.9 Å². The van der Waals surface area contributed by atoms with Crippen molar-refractivity contribution in [3.8, 4) is 0 Å². The lowest BCUT2D eigenvalue weighted by Crippen LogP contribution is -1.94. The Bertz CT molecular complexity index is 397. The monoisotopic (exact) mass is 218 g/mol. The molecule has 0 saturated carbocycles. The molecule has 0 radical (unpaired) electrons. The predicted molar refractivity (Wildman–Crippen MR) is 62.4 cm³/mol. The smallest absolute Gasteiger partial charge is 0.144 e. The van der Waals surface area contributed by atoms with E-state index in [1.807, 2.05) is 13.8 Å². The van der Waals surface area contributed by atoms with E-state index in [4.69, 9.17) is 11.5 Å². The molecule has 0 atom stereocenters. The van der Waals surface area contributed by atoms with Crippen LogP contribution in [-0.2, 0) is 0 Å². The van der Waals surface area contributed by atoms with Crippen molar-refractivity contribution in [1.29, 1.82) is 0 Å². The molecule has 0 aliphatic carbocycles. The first kappa shape index (κ1) is 11.8. The van der Waals surface area contributed by atoms with E-state index in [9.17, 15) is 0 Å². The van der Waals surface area contributed by atoms with Crippen LogP contribution in [0.3, 0.4) is 0 Å². The van der Waals surface area contributed by atoms with Gasteiger partial charge in [0.25, 0.3) is 0 Å². The van der Waals surface area contributed by atoms with Gasteiger partial charge in [0.15, 0.2) is 0 Å². The Kier molecular flexibility index (Phi) is 4.14. The standard InChI is InChI=1S/2C5H7N3/c1-4-2-8-5(6)3-7-4;1-4-5(6)8-3-2-7-4/h2*2-3H,1H3,(H2,6,8). The van der Waals surface area contributed by atoms with Gasteiger partial charge in [0.2, 0.25) is 0 Å². The Hall–Kier alpha value is -2.24. The van der Waals surface area contributed by atoms with E-state index in [-0.39, 0.29) is 0 Å². The van der Waals surface area contributed by atoms with Gasteiger partial charge in [-0.1, -0.05) is 0 Å². The summed E-state index contributed by atoms with van der Waals surface area (Å²) in [7, 11) is 0. The number of nitrogen functional groups attached to an aromatic ring is 2. The van der Waals surface area contributed by atoms with Crippen molar-refractivity contribution in [2.24, 2.45) is 0 Å². The van der Waals surface area contributed by atoms with Crippen molar-refractivity contribution in [2.45, 2.75) is 13.8 Å². The van der Waals surface area contributed by atoms with Gasteiger partial charge >= 0.3 is 0 Å². The number of aromatic nitrogens is 4. The summed E-state index contributed by atoms with van der Waals surface area (Å²) in [6.45, 7) is 3.69. The molecule has 2 aromatic heterocycles. The highest BCUT2D eigenvalue weighted by Gasteiger charge is 1.88. The molecule has 0 fully saturated rings. The van der Waals surface area contributed by atoms with E-state index >= 15 is 0 Å². The Morgan fingerprint density at radius 2 is 1.56 bits per heavy atom. The van der Waals surface area contributed by atoms with E-state index in [0.29, 0.717) is 11.6 Å². The van der Waals surface area contributed by atoms with Crippen molar-refractivity contribution in [3.63, 3.8) is 0 Å². The predicted octanol–water partition coefficient (Wildman–Crippen LogP) is 0.734. The third kappa shape index (κ3) is 3.87. The minimum absolute atomic E-state index is 0.468. The highest BCUT2D eigenvalue weighted by molar-refractivity contribution is 5.31. The van der Waals surface area contributed by atoms with Crippen LogP contribution < -0.4 is 11.5 Å². The topological polar surface area (TPSA) is 104 Å². The molecular formula is C10H14N6. The number of hydrogen-bond acceptors (Lipinski definition) is 6. The number of nitrogens with two attached hydrogens (primary N) is 2. The lowest BCUT2D eigenvalue weighted by atomic mass is 10.5. The molecule has 0 amide bonds. The summed E-state index contributed by atoms with van der Waals surface area (Å²) < 4.78 is 0. The maximum absolute atomic E-state index is 5.35. The molecule has 0 bridgehead atoms. The van der Waals surface area contributed by atoms with Gasteiger partial charge < -0.3 is 11.5 Å². The van der Waals surface area contributed by atoms with Gasteiger partial charge in [-0.25, -0.2) is 9.97 Å². The molecule has 0 aliphatic heterocycles. The molecule has 2 aromatic rings. The van der Waals surface area contributed by atoms with Crippen molar-refractivity contribution in [3.05, 3.63) is 36.2 Å². The zero-order valence-electron chi connectivity index (χ0n) is 9.25. The minimum atomic E-state index is 0.468. The highest BCUT2D eigenvalue weighted by atomic mass is 14.9. The van der Waals surface area contributed by atoms with E-state index in [1.54, 1.807) is 18.6 Å². The molecule has 84 valence electrons. The Morgan fingerprint density at radius 1 is 0.875 bits per heavy atom. The molecule has 0 aromatic carbocycles. The van der Waals surface area contributed by atoms with E-state index in [2.05, 4.69) is 19.9 Å². The lowest BCUT2D eigenvalue weighted by molar-refractivity contribution is 1.13. The van der Waals surface area contributed by atoms with Crippen LogP contribution in [0.4, 0.5) is 11.6 Å². The molecule has 2 heterocycles. The Labute approximate surface area is 93.8 Å². The molecular weight excluding hydrogens is 204 g/mol. The van der Waals surface area contributed by atoms with E-state index in [0.717, 1.165) is 11.4 Å². The maximum Gasteiger partial charge on any atom is 0.144 e. The molecule has 16 heavy (non-hydrogen) atoms. The summed E-state index contributed by atoms with van der Waals surface area (Å²) in [6, 6.07) is 0. The fourth-order valence-corrected chi connectivity index (χ4v) is 0.821. The molecule has 0 saturated heterocycles. The first-order chi connectivity index (χ1) is 7.59. The second-order valence-corrected chi connectivity index (χ2v) is 3.11. The van der Waals surface area contributed by atoms with Crippen LogP contribution in [0.25, 0.3) is 0 Å². The zero-order valence-corrected chi connectivity index (χ0v) is 9.25. The van der Waals surface area contributed by atoms with Gasteiger partial charge in [0, 0.05) is 12.4 Å². The van der Waals surface area contributed by atoms with Crippen LogP contribution in [0.2, 0.25) is 0 Å². The summed E-state index contributed by atoms with van der Waals surface area (Å²) in [5, 5.41) is 0. The second kappa shape index (κ2) is 5.59. The highest BCUT2D eigenvalue weighted by Crippen LogP contribution is 1.97. The molecule has 0 aliphatic rings. The third-order valence-electron chi connectivity index (χ3n) is 1.72. The fraction of sp³-hybridized carbons (Fsp3) is 0.200. The van der Waals surface area contributed by atoms with Gasteiger partial charge in [-0.2, -0.15) is 0 Å². The number of aryl methyl sites for hydroxylation is 2. The third-order valence-corrected chi connectivity index (χ3v) is 1.72.